The van der Waals surface area contributed by atoms with Gasteiger partial charge >= 0.3 is 0 Å². The SMILES string of the molecule is CCNC(Cc1ccc2c(c1)CCC2)C1CSCCN1C. The highest BCUT2D eigenvalue weighted by atomic mass is 32.2. The lowest BCUT2D eigenvalue weighted by molar-refractivity contribution is 0.215. The normalized spacial score (nSPS) is 24.0. The van der Waals surface area contributed by atoms with Gasteiger partial charge in [-0.2, -0.15) is 11.8 Å². The number of nitrogens with one attached hydrogen (secondary N) is 1. The average molecular weight is 305 g/mol. The number of nitrogens with zero attached hydrogens (tertiary/aromatic N) is 1. The second kappa shape index (κ2) is 7.17. The fourth-order valence-electron chi connectivity index (χ4n) is 3.74. The zero-order valence-electron chi connectivity index (χ0n) is 13.4. The molecule has 3 rings (SSSR count). The monoisotopic (exact) mass is 304 g/mol. The van der Waals surface area contributed by atoms with Crippen molar-refractivity contribution in [1.82, 2.24) is 10.2 Å². The molecule has 21 heavy (non-hydrogen) atoms. The van der Waals surface area contributed by atoms with E-state index in [0.29, 0.717) is 12.1 Å². The van der Waals surface area contributed by atoms with Crippen molar-refractivity contribution in [2.24, 2.45) is 0 Å². The molecule has 2 atom stereocenters. The molecular formula is C18H28N2S. The van der Waals surface area contributed by atoms with Crippen LogP contribution in [0.5, 0.6) is 0 Å². The first kappa shape index (κ1) is 15.4. The van der Waals surface area contributed by atoms with Crippen LogP contribution in [0.25, 0.3) is 0 Å². The molecule has 1 fully saturated rings. The number of hydrogen-bond acceptors (Lipinski definition) is 3. The summed E-state index contributed by atoms with van der Waals surface area (Å²) in [7, 11) is 2.29. The van der Waals surface area contributed by atoms with E-state index in [0.717, 1.165) is 13.0 Å². The number of likely N-dealkylation sites (N-methyl/N-ethyl adjacent to an activating group) is 2. The van der Waals surface area contributed by atoms with Crippen LogP contribution in [0.1, 0.15) is 30.0 Å². The predicted molar refractivity (Wildman–Crippen MR) is 93.4 cm³/mol. The van der Waals surface area contributed by atoms with Gasteiger partial charge in [0.25, 0.3) is 0 Å². The third kappa shape index (κ3) is 3.64. The molecule has 0 saturated carbocycles. The molecular weight excluding hydrogens is 276 g/mol. The molecule has 2 nitrogen and oxygen atoms in total. The Morgan fingerprint density at radius 3 is 3.00 bits per heavy atom. The van der Waals surface area contributed by atoms with E-state index in [1.807, 2.05) is 0 Å². The maximum Gasteiger partial charge on any atom is 0.0340 e. The first-order valence-corrected chi connectivity index (χ1v) is 9.55. The summed E-state index contributed by atoms with van der Waals surface area (Å²) in [4.78, 5) is 2.55. The summed E-state index contributed by atoms with van der Waals surface area (Å²) in [5.41, 5.74) is 4.71. The van der Waals surface area contributed by atoms with Crippen molar-refractivity contribution in [3.05, 3.63) is 34.9 Å². The Balaban J connectivity index is 1.72. The quantitative estimate of drug-likeness (QED) is 0.900. The van der Waals surface area contributed by atoms with Gasteiger partial charge in [0.2, 0.25) is 0 Å². The van der Waals surface area contributed by atoms with Gasteiger partial charge in [-0.25, -0.2) is 0 Å². The van der Waals surface area contributed by atoms with Gasteiger partial charge in [-0.15, -0.1) is 0 Å². The molecule has 3 heteroatoms. The molecule has 0 spiro atoms. The van der Waals surface area contributed by atoms with Gasteiger partial charge in [0.1, 0.15) is 0 Å². The molecule has 1 aromatic rings. The Hall–Kier alpha value is -0.510. The molecule has 0 bridgehead atoms. The van der Waals surface area contributed by atoms with Crippen molar-refractivity contribution in [1.29, 1.82) is 0 Å². The van der Waals surface area contributed by atoms with E-state index in [4.69, 9.17) is 0 Å². The van der Waals surface area contributed by atoms with Crippen LogP contribution in [-0.4, -0.2) is 48.6 Å². The van der Waals surface area contributed by atoms with Crippen LogP contribution in [0.4, 0.5) is 0 Å². The summed E-state index contributed by atoms with van der Waals surface area (Å²) in [5.74, 6) is 2.55. The van der Waals surface area contributed by atoms with E-state index >= 15 is 0 Å². The molecule has 0 radical (unpaired) electrons. The van der Waals surface area contributed by atoms with E-state index in [-0.39, 0.29) is 0 Å². The Bertz CT molecular complexity index is 474. The Morgan fingerprint density at radius 1 is 1.33 bits per heavy atom. The van der Waals surface area contributed by atoms with Gasteiger partial charge in [-0.3, -0.25) is 0 Å². The van der Waals surface area contributed by atoms with Crippen molar-refractivity contribution < 1.29 is 0 Å². The van der Waals surface area contributed by atoms with Crippen molar-refractivity contribution >= 4 is 11.8 Å². The summed E-state index contributed by atoms with van der Waals surface area (Å²) >= 11 is 2.11. The number of thioether (sulfide) groups is 1. The van der Waals surface area contributed by atoms with Crippen molar-refractivity contribution in [3.63, 3.8) is 0 Å². The maximum atomic E-state index is 3.74. The minimum Gasteiger partial charge on any atom is -0.312 e. The summed E-state index contributed by atoms with van der Waals surface area (Å²) in [6.45, 7) is 4.51. The van der Waals surface area contributed by atoms with Crippen LogP contribution in [0.15, 0.2) is 18.2 Å². The Morgan fingerprint density at radius 2 is 2.19 bits per heavy atom. The minimum absolute atomic E-state index is 0.576. The van der Waals surface area contributed by atoms with Gasteiger partial charge < -0.3 is 10.2 Å². The standard InChI is InChI=1S/C18H28N2S/c1-3-19-17(18-13-21-10-9-20(18)2)12-14-7-8-15-5-4-6-16(15)11-14/h7-8,11,17-19H,3-6,9-10,12-13H2,1-2H3. The molecule has 0 amide bonds. The lowest BCUT2D eigenvalue weighted by Crippen LogP contribution is -2.53. The lowest BCUT2D eigenvalue weighted by Gasteiger charge is -2.38. The lowest BCUT2D eigenvalue weighted by atomic mass is 9.96. The summed E-state index contributed by atoms with van der Waals surface area (Å²) < 4.78 is 0. The van der Waals surface area contributed by atoms with Crippen LogP contribution in [-0.2, 0) is 19.3 Å². The summed E-state index contributed by atoms with van der Waals surface area (Å²) in [5, 5.41) is 3.74. The maximum absolute atomic E-state index is 3.74. The second-order valence-electron chi connectivity index (χ2n) is 6.45. The molecule has 1 saturated heterocycles. The molecule has 1 N–H and O–H groups in total. The van der Waals surface area contributed by atoms with Crippen LogP contribution in [0.3, 0.4) is 0 Å². The summed E-state index contributed by atoms with van der Waals surface area (Å²) in [6.07, 6.45) is 5.08. The Labute approximate surface area is 133 Å². The van der Waals surface area contributed by atoms with Crippen LogP contribution >= 0.6 is 11.8 Å². The van der Waals surface area contributed by atoms with Crippen LogP contribution in [0, 0.1) is 0 Å². The molecule has 1 aliphatic carbocycles. The zero-order chi connectivity index (χ0) is 14.7. The highest BCUT2D eigenvalue weighted by Crippen LogP contribution is 2.25. The number of hydrogen-bond donors (Lipinski definition) is 1. The fourth-order valence-corrected chi connectivity index (χ4v) is 5.05. The molecule has 116 valence electrons. The van der Waals surface area contributed by atoms with E-state index in [1.165, 1.54) is 42.9 Å². The van der Waals surface area contributed by atoms with E-state index in [9.17, 15) is 0 Å². The molecule has 1 heterocycles. The minimum atomic E-state index is 0.576. The highest BCUT2D eigenvalue weighted by molar-refractivity contribution is 7.99. The van der Waals surface area contributed by atoms with Crippen molar-refractivity contribution in [2.45, 2.75) is 44.7 Å². The van der Waals surface area contributed by atoms with Crippen molar-refractivity contribution in [3.8, 4) is 0 Å². The molecule has 2 aliphatic rings. The van der Waals surface area contributed by atoms with Gasteiger partial charge in [0, 0.05) is 30.1 Å². The first-order chi connectivity index (χ1) is 10.3. The molecule has 1 aromatic carbocycles. The number of fused-ring (bicyclic) bond motifs is 1. The number of benzene rings is 1. The number of rotatable bonds is 5. The van der Waals surface area contributed by atoms with Crippen LogP contribution < -0.4 is 5.32 Å². The average Bonchev–Trinajstić information content (AvgIpc) is 2.95. The molecule has 0 aromatic heterocycles. The zero-order valence-corrected chi connectivity index (χ0v) is 14.2. The third-order valence-electron chi connectivity index (χ3n) is 4.99. The van der Waals surface area contributed by atoms with E-state index < -0.39 is 0 Å². The first-order valence-electron chi connectivity index (χ1n) is 8.40. The van der Waals surface area contributed by atoms with E-state index in [1.54, 1.807) is 11.1 Å². The highest BCUT2D eigenvalue weighted by Gasteiger charge is 2.27. The number of aryl methyl sites for hydroxylation is 2. The topological polar surface area (TPSA) is 15.3 Å². The third-order valence-corrected chi connectivity index (χ3v) is 6.04. The molecule has 2 unspecified atom stereocenters. The fraction of sp³-hybridized carbons (Fsp3) is 0.667. The molecule has 1 aliphatic heterocycles. The van der Waals surface area contributed by atoms with Gasteiger partial charge in [-0.1, -0.05) is 25.1 Å². The Kier molecular flexibility index (Phi) is 5.25. The smallest absolute Gasteiger partial charge is 0.0340 e. The van der Waals surface area contributed by atoms with Gasteiger partial charge in [-0.05, 0) is 56.0 Å². The van der Waals surface area contributed by atoms with Crippen LogP contribution in [0.2, 0.25) is 0 Å². The van der Waals surface area contributed by atoms with Gasteiger partial charge in [0.15, 0.2) is 0 Å². The van der Waals surface area contributed by atoms with E-state index in [2.05, 4.69) is 54.1 Å². The predicted octanol–water partition coefficient (Wildman–Crippen LogP) is 2.74. The second-order valence-corrected chi connectivity index (χ2v) is 7.60. The summed E-state index contributed by atoms with van der Waals surface area (Å²) in [6, 6.07) is 8.46. The van der Waals surface area contributed by atoms with Crippen molar-refractivity contribution in [2.75, 3.05) is 31.6 Å². The largest absolute Gasteiger partial charge is 0.312 e. The van der Waals surface area contributed by atoms with Gasteiger partial charge in [0.05, 0.1) is 0 Å².